The summed E-state index contributed by atoms with van der Waals surface area (Å²) in [6.07, 6.45) is 3.63. The van der Waals surface area contributed by atoms with Gasteiger partial charge in [0.05, 0.1) is 17.3 Å². The topological polar surface area (TPSA) is 62.7 Å². The molecule has 3 heterocycles. The number of aromatic nitrogens is 1. The van der Waals surface area contributed by atoms with Crippen LogP contribution < -0.4 is 4.90 Å². The lowest BCUT2D eigenvalue weighted by molar-refractivity contribution is 0.0734. The number of fused-ring (bicyclic) bond motifs is 3. The minimum atomic E-state index is -0.302. The Labute approximate surface area is 146 Å². The summed E-state index contributed by atoms with van der Waals surface area (Å²) in [5.74, 6) is -0.0432. The van der Waals surface area contributed by atoms with Crippen LogP contribution in [0.2, 0.25) is 0 Å². The molecule has 6 heteroatoms. The van der Waals surface area contributed by atoms with E-state index in [1.807, 2.05) is 30.0 Å². The minimum absolute atomic E-state index is 0.0432. The molecule has 2 aromatic rings. The molecule has 1 fully saturated rings. The summed E-state index contributed by atoms with van der Waals surface area (Å²) >= 11 is 0. The van der Waals surface area contributed by atoms with E-state index in [9.17, 15) is 9.59 Å². The summed E-state index contributed by atoms with van der Waals surface area (Å²) in [5.41, 5.74) is 3.44. The second-order valence-corrected chi connectivity index (χ2v) is 6.49. The van der Waals surface area contributed by atoms with E-state index >= 15 is 0 Å². The third-order valence-electron chi connectivity index (χ3n) is 4.75. The molecular weight excluding hydrogens is 318 g/mol. The maximum Gasteiger partial charge on any atom is 0.414 e. The number of anilines is 1. The maximum atomic E-state index is 12.9. The van der Waals surface area contributed by atoms with Gasteiger partial charge in [0.15, 0.2) is 0 Å². The third-order valence-corrected chi connectivity index (χ3v) is 4.75. The number of carbonyl (C=O) groups excluding carboxylic acids is 2. The predicted molar refractivity (Wildman–Crippen MR) is 92.4 cm³/mol. The summed E-state index contributed by atoms with van der Waals surface area (Å²) < 4.78 is 5.26. The van der Waals surface area contributed by atoms with E-state index in [1.54, 1.807) is 29.4 Å². The Bertz CT molecular complexity index is 822. The summed E-state index contributed by atoms with van der Waals surface area (Å²) in [4.78, 5) is 32.7. The van der Waals surface area contributed by atoms with E-state index < -0.39 is 0 Å². The van der Waals surface area contributed by atoms with Crippen LogP contribution in [0.15, 0.2) is 42.7 Å². The van der Waals surface area contributed by atoms with Crippen LogP contribution in [0.4, 0.5) is 10.5 Å². The van der Waals surface area contributed by atoms with Crippen molar-refractivity contribution >= 4 is 17.7 Å². The standard InChI is InChI=1S/C19H19N3O3/c1-13-4-5-15-11-21(18(23)14-3-2-7-20-10-14)8-6-16-12-25-19(24)22(16)17(15)9-13/h2-5,7,9-10,16H,6,8,11-12H2,1H3. The lowest BCUT2D eigenvalue weighted by Crippen LogP contribution is -2.42. The van der Waals surface area contributed by atoms with Crippen LogP contribution in [-0.4, -0.2) is 41.1 Å². The lowest BCUT2D eigenvalue weighted by Gasteiger charge is -2.32. The highest BCUT2D eigenvalue weighted by Crippen LogP contribution is 2.32. The van der Waals surface area contributed by atoms with E-state index in [0.29, 0.717) is 31.7 Å². The van der Waals surface area contributed by atoms with Crippen molar-refractivity contribution in [3.63, 3.8) is 0 Å². The molecule has 25 heavy (non-hydrogen) atoms. The van der Waals surface area contributed by atoms with Gasteiger partial charge in [-0.25, -0.2) is 4.79 Å². The number of nitrogens with zero attached hydrogens (tertiary/aromatic N) is 3. The van der Waals surface area contributed by atoms with E-state index in [1.165, 1.54) is 0 Å². The van der Waals surface area contributed by atoms with Crippen molar-refractivity contribution in [2.75, 3.05) is 18.1 Å². The van der Waals surface area contributed by atoms with Crippen LogP contribution in [0.5, 0.6) is 0 Å². The van der Waals surface area contributed by atoms with Crippen LogP contribution >= 0.6 is 0 Å². The van der Waals surface area contributed by atoms with Gasteiger partial charge in [-0.05, 0) is 42.7 Å². The number of hydrogen-bond acceptors (Lipinski definition) is 4. The molecule has 0 bridgehead atoms. The van der Waals surface area contributed by atoms with Gasteiger partial charge in [-0.1, -0.05) is 12.1 Å². The van der Waals surface area contributed by atoms with Crippen molar-refractivity contribution in [3.8, 4) is 0 Å². The second-order valence-electron chi connectivity index (χ2n) is 6.49. The van der Waals surface area contributed by atoms with Gasteiger partial charge >= 0.3 is 6.09 Å². The number of carbonyl (C=O) groups is 2. The Balaban J connectivity index is 1.72. The van der Waals surface area contributed by atoms with Gasteiger partial charge in [-0.3, -0.25) is 14.7 Å². The van der Waals surface area contributed by atoms with Crippen LogP contribution in [0.25, 0.3) is 0 Å². The highest BCUT2D eigenvalue weighted by atomic mass is 16.6. The van der Waals surface area contributed by atoms with Gasteiger partial charge in [-0.15, -0.1) is 0 Å². The fourth-order valence-electron chi connectivity index (χ4n) is 3.43. The van der Waals surface area contributed by atoms with Crippen molar-refractivity contribution in [2.24, 2.45) is 0 Å². The van der Waals surface area contributed by atoms with E-state index in [2.05, 4.69) is 4.98 Å². The number of ether oxygens (including phenoxy) is 1. The monoisotopic (exact) mass is 337 g/mol. The third kappa shape index (κ3) is 2.84. The average molecular weight is 337 g/mol. The lowest BCUT2D eigenvalue weighted by atomic mass is 10.0. The molecule has 1 aromatic heterocycles. The summed E-state index contributed by atoms with van der Waals surface area (Å²) in [5, 5.41) is 0. The number of benzene rings is 1. The summed E-state index contributed by atoms with van der Waals surface area (Å²) in [6.45, 7) is 3.38. The largest absolute Gasteiger partial charge is 0.447 e. The zero-order valence-corrected chi connectivity index (χ0v) is 14.0. The van der Waals surface area contributed by atoms with Crippen LogP contribution in [0.1, 0.15) is 27.9 Å². The number of hydrogen-bond donors (Lipinski definition) is 0. The average Bonchev–Trinajstić information content (AvgIpc) is 2.98. The molecule has 1 aromatic carbocycles. The molecule has 1 saturated heterocycles. The number of aryl methyl sites for hydroxylation is 1. The van der Waals surface area contributed by atoms with Gasteiger partial charge in [0, 0.05) is 25.5 Å². The Kier molecular flexibility index (Phi) is 3.87. The van der Waals surface area contributed by atoms with Gasteiger partial charge in [-0.2, -0.15) is 0 Å². The molecule has 2 amide bonds. The molecular formula is C19H19N3O3. The first-order valence-corrected chi connectivity index (χ1v) is 8.38. The normalized spacial score (nSPS) is 19.6. The van der Waals surface area contributed by atoms with Crippen molar-refractivity contribution in [1.82, 2.24) is 9.88 Å². The van der Waals surface area contributed by atoms with Crippen LogP contribution in [-0.2, 0) is 11.3 Å². The molecule has 2 aliphatic rings. The fourth-order valence-corrected chi connectivity index (χ4v) is 3.43. The molecule has 0 radical (unpaired) electrons. The number of rotatable bonds is 1. The molecule has 0 aliphatic carbocycles. The first-order chi connectivity index (χ1) is 12.1. The molecule has 2 aliphatic heterocycles. The first-order valence-electron chi connectivity index (χ1n) is 8.38. The second kappa shape index (κ2) is 6.20. The van der Waals surface area contributed by atoms with E-state index in [4.69, 9.17) is 4.74 Å². The zero-order valence-electron chi connectivity index (χ0n) is 14.0. The van der Waals surface area contributed by atoms with E-state index in [-0.39, 0.29) is 18.0 Å². The van der Waals surface area contributed by atoms with Crippen molar-refractivity contribution < 1.29 is 14.3 Å². The van der Waals surface area contributed by atoms with Gasteiger partial charge in [0.2, 0.25) is 0 Å². The molecule has 0 saturated carbocycles. The molecule has 128 valence electrons. The number of cyclic esters (lactones) is 1. The number of pyridine rings is 1. The Morgan fingerprint density at radius 3 is 3.00 bits per heavy atom. The quantitative estimate of drug-likeness (QED) is 0.803. The summed E-state index contributed by atoms with van der Waals surface area (Å²) in [6, 6.07) is 9.48. The van der Waals surface area contributed by atoms with Crippen LogP contribution in [0, 0.1) is 6.92 Å². The van der Waals surface area contributed by atoms with Crippen molar-refractivity contribution in [1.29, 1.82) is 0 Å². The maximum absolute atomic E-state index is 12.9. The highest BCUT2D eigenvalue weighted by molar-refractivity contribution is 5.95. The van der Waals surface area contributed by atoms with Gasteiger partial charge in [0.25, 0.3) is 5.91 Å². The molecule has 0 spiro atoms. The van der Waals surface area contributed by atoms with Gasteiger partial charge < -0.3 is 9.64 Å². The molecule has 4 rings (SSSR count). The van der Waals surface area contributed by atoms with Crippen LogP contribution in [0.3, 0.4) is 0 Å². The smallest absolute Gasteiger partial charge is 0.414 e. The zero-order chi connectivity index (χ0) is 17.4. The SMILES string of the molecule is Cc1ccc2c(c1)N1C(=O)OCC1CCN(C(=O)c1cccnc1)C2. The minimum Gasteiger partial charge on any atom is -0.447 e. The van der Waals surface area contributed by atoms with Gasteiger partial charge in [0.1, 0.15) is 6.61 Å². The highest BCUT2D eigenvalue weighted by Gasteiger charge is 2.37. The molecule has 1 atom stereocenters. The van der Waals surface area contributed by atoms with Crippen molar-refractivity contribution in [3.05, 3.63) is 59.4 Å². The Hall–Kier alpha value is -2.89. The van der Waals surface area contributed by atoms with Crippen molar-refractivity contribution in [2.45, 2.75) is 25.9 Å². The number of amides is 2. The first kappa shape index (κ1) is 15.6. The molecule has 6 nitrogen and oxygen atoms in total. The Morgan fingerprint density at radius 1 is 1.32 bits per heavy atom. The molecule has 1 unspecified atom stereocenters. The Morgan fingerprint density at radius 2 is 2.20 bits per heavy atom. The molecule has 0 N–H and O–H groups in total. The van der Waals surface area contributed by atoms with E-state index in [0.717, 1.165) is 16.8 Å². The fraction of sp³-hybridized carbons (Fsp3) is 0.316. The summed E-state index contributed by atoms with van der Waals surface area (Å²) in [7, 11) is 0. The predicted octanol–water partition coefficient (Wildman–Crippen LogP) is 2.76.